The normalized spacial score (nSPS) is 23.4. The highest BCUT2D eigenvalue weighted by Gasteiger charge is 2.30. The van der Waals surface area contributed by atoms with Gasteiger partial charge in [-0.1, -0.05) is 18.2 Å². The number of methoxy groups -OCH3 is 1. The number of nitrogens with two attached hydrogens (primary N) is 1. The molecule has 1 saturated heterocycles. The number of nitrogens with one attached hydrogen (secondary N) is 3. The zero-order valence-corrected chi connectivity index (χ0v) is 9.57. The first-order chi connectivity index (χ1) is 8.26. The van der Waals surface area contributed by atoms with Crippen LogP contribution < -0.4 is 26.9 Å². The molecule has 1 aliphatic rings. The summed E-state index contributed by atoms with van der Waals surface area (Å²) >= 11 is 0. The first-order valence-corrected chi connectivity index (χ1v) is 5.40. The molecule has 6 nitrogen and oxygen atoms in total. The van der Waals surface area contributed by atoms with Crippen LogP contribution in [0.5, 0.6) is 5.75 Å². The second kappa shape index (κ2) is 5.13. The molecule has 5 N–H and O–H groups in total. The number of rotatable bonds is 3. The summed E-state index contributed by atoms with van der Waals surface area (Å²) in [4.78, 5) is 11.4. The van der Waals surface area contributed by atoms with Gasteiger partial charge in [-0.2, -0.15) is 0 Å². The predicted molar refractivity (Wildman–Crippen MR) is 62.7 cm³/mol. The fourth-order valence-electron chi connectivity index (χ4n) is 1.99. The Labute approximate surface area is 99.5 Å². The predicted octanol–water partition coefficient (Wildman–Crippen LogP) is -0.407. The van der Waals surface area contributed by atoms with Crippen LogP contribution in [0.25, 0.3) is 0 Å². The van der Waals surface area contributed by atoms with Crippen LogP contribution in [0, 0.1) is 0 Å². The van der Waals surface area contributed by atoms with Crippen molar-refractivity contribution in [3.8, 4) is 5.75 Å². The first kappa shape index (κ1) is 11.8. The van der Waals surface area contributed by atoms with Gasteiger partial charge in [-0.25, -0.2) is 16.7 Å². The summed E-state index contributed by atoms with van der Waals surface area (Å²) in [5, 5.41) is 0. The van der Waals surface area contributed by atoms with Gasteiger partial charge >= 0.3 is 0 Å². The van der Waals surface area contributed by atoms with Gasteiger partial charge in [0.2, 0.25) is 0 Å². The Morgan fingerprint density at radius 3 is 2.94 bits per heavy atom. The van der Waals surface area contributed by atoms with Crippen LogP contribution in [0.15, 0.2) is 24.3 Å². The molecule has 1 aliphatic heterocycles. The van der Waals surface area contributed by atoms with Gasteiger partial charge in [-0.05, 0) is 12.5 Å². The molecule has 0 saturated carbocycles. The third-order valence-corrected chi connectivity index (χ3v) is 2.88. The lowest BCUT2D eigenvalue weighted by Gasteiger charge is -2.13. The number of hydrogen-bond acceptors (Lipinski definition) is 5. The van der Waals surface area contributed by atoms with Gasteiger partial charge in [0.05, 0.1) is 13.2 Å². The molecule has 1 aromatic carbocycles. The molecule has 1 heterocycles. The van der Waals surface area contributed by atoms with E-state index in [0.29, 0.717) is 6.42 Å². The molecule has 1 fully saturated rings. The lowest BCUT2D eigenvalue weighted by Crippen LogP contribution is -2.45. The van der Waals surface area contributed by atoms with E-state index < -0.39 is 0 Å². The smallest absolute Gasteiger partial charge is 0.252 e. The highest BCUT2D eigenvalue weighted by molar-refractivity contribution is 5.81. The van der Waals surface area contributed by atoms with Gasteiger partial charge in [-0.15, -0.1) is 0 Å². The third kappa shape index (κ3) is 2.38. The van der Waals surface area contributed by atoms with Crippen molar-refractivity contribution < 1.29 is 9.53 Å². The highest BCUT2D eigenvalue weighted by atomic mass is 16.5. The zero-order valence-electron chi connectivity index (χ0n) is 9.57. The van der Waals surface area contributed by atoms with E-state index in [1.54, 1.807) is 7.11 Å². The van der Waals surface area contributed by atoms with Crippen LogP contribution in [0.3, 0.4) is 0 Å². The zero-order chi connectivity index (χ0) is 12.3. The topological polar surface area (TPSA) is 88.4 Å². The molecular formula is C11H16N4O2. The summed E-state index contributed by atoms with van der Waals surface area (Å²) in [6.07, 6.45) is 0.628. The van der Waals surface area contributed by atoms with Crippen LogP contribution in [0.2, 0.25) is 0 Å². The Balaban J connectivity index is 2.12. The van der Waals surface area contributed by atoms with Crippen molar-refractivity contribution in [3.63, 3.8) is 0 Å². The Hall–Kier alpha value is -1.63. The van der Waals surface area contributed by atoms with Crippen molar-refractivity contribution in [2.24, 2.45) is 5.84 Å². The number of hydrogen-bond donors (Lipinski definition) is 4. The fraction of sp³-hybridized carbons (Fsp3) is 0.364. The molecule has 2 atom stereocenters. The number of para-hydroxylation sites is 1. The summed E-state index contributed by atoms with van der Waals surface area (Å²) in [5.74, 6) is 5.68. The van der Waals surface area contributed by atoms with Crippen LogP contribution in [-0.4, -0.2) is 19.1 Å². The number of ether oxygens (including phenoxy) is 1. The lowest BCUT2D eigenvalue weighted by atomic mass is 10.0. The summed E-state index contributed by atoms with van der Waals surface area (Å²) < 4.78 is 5.29. The number of amides is 1. The third-order valence-electron chi connectivity index (χ3n) is 2.88. The number of benzene rings is 1. The van der Waals surface area contributed by atoms with Gasteiger partial charge in [0.15, 0.2) is 0 Å². The van der Waals surface area contributed by atoms with Crippen LogP contribution >= 0.6 is 0 Å². The van der Waals surface area contributed by atoms with E-state index in [0.717, 1.165) is 11.3 Å². The quantitative estimate of drug-likeness (QED) is 0.325. The van der Waals surface area contributed by atoms with E-state index in [1.807, 2.05) is 24.3 Å². The standard InChI is InChI=1S/C11H16N4O2/c1-17-10-5-3-2-4-7(10)8-6-9(15-14-8)11(16)13-12/h2-5,8-9,14-15H,6,12H2,1H3,(H,13,16). The van der Waals surface area contributed by atoms with E-state index in [9.17, 15) is 4.79 Å². The maximum atomic E-state index is 11.4. The average molecular weight is 236 g/mol. The summed E-state index contributed by atoms with van der Waals surface area (Å²) in [6, 6.07) is 7.43. The van der Waals surface area contributed by atoms with E-state index in [-0.39, 0.29) is 18.0 Å². The van der Waals surface area contributed by atoms with Crippen molar-refractivity contribution in [1.29, 1.82) is 0 Å². The summed E-state index contributed by atoms with van der Waals surface area (Å²) in [7, 11) is 1.63. The maximum absolute atomic E-state index is 11.4. The largest absolute Gasteiger partial charge is 0.496 e. The summed E-state index contributed by atoms with van der Waals surface area (Å²) in [5.41, 5.74) is 9.13. The Morgan fingerprint density at radius 2 is 2.24 bits per heavy atom. The average Bonchev–Trinajstić information content (AvgIpc) is 2.87. The minimum absolute atomic E-state index is 0.0356. The van der Waals surface area contributed by atoms with Gasteiger partial charge < -0.3 is 4.74 Å². The fourth-order valence-corrected chi connectivity index (χ4v) is 1.99. The van der Waals surface area contributed by atoms with E-state index >= 15 is 0 Å². The van der Waals surface area contributed by atoms with Crippen molar-refractivity contribution in [2.45, 2.75) is 18.5 Å². The Bertz CT molecular complexity index is 410. The molecule has 0 spiro atoms. The van der Waals surface area contributed by atoms with E-state index in [4.69, 9.17) is 10.6 Å². The molecule has 1 amide bonds. The molecule has 0 aromatic heterocycles. The monoisotopic (exact) mass is 236 g/mol. The molecule has 0 radical (unpaired) electrons. The molecule has 0 bridgehead atoms. The van der Waals surface area contributed by atoms with Crippen LogP contribution in [0.1, 0.15) is 18.0 Å². The first-order valence-electron chi connectivity index (χ1n) is 5.40. The molecule has 0 aliphatic carbocycles. The van der Waals surface area contributed by atoms with E-state index in [1.165, 1.54) is 0 Å². The van der Waals surface area contributed by atoms with Crippen LogP contribution in [-0.2, 0) is 4.79 Å². The van der Waals surface area contributed by atoms with E-state index in [2.05, 4.69) is 16.3 Å². The number of carbonyl (C=O) groups is 1. The molecule has 1 aromatic rings. The minimum atomic E-state index is -0.324. The van der Waals surface area contributed by atoms with Gasteiger partial charge in [0, 0.05) is 5.56 Å². The molecule has 2 rings (SSSR count). The minimum Gasteiger partial charge on any atom is -0.496 e. The second-order valence-corrected chi connectivity index (χ2v) is 3.88. The Morgan fingerprint density at radius 1 is 1.47 bits per heavy atom. The van der Waals surface area contributed by atoms with Crippen LogP contribution in [0.4, 0.5) is 0 Å². The molecule has 6 heteroatoms. The SMILES string of the molecule is COc1ccccc1C1CC(C(=O)NN)NN1. The van der Waals surface area contributed by atoms with Crippen molar-refractivity contribution in [1.82, 2.24) is 16.3 Å². The summed E-state index contributed by atoms with van der Waals surface area (Å²) in [6.45, 7) is 0. The molecular weight excluding hydrogens is 220 g/mol. The second-order valence-electron chi connectivity index (χ2n) is 3.88. The number of carbonyl (C=O) groups excluding carboxylic acids is 1. The highest BCUT2D eigenvalue weighted by Crippen LogP contribution is 2.29. The maximum Gasteiger partial charge on any atom is 0.252 e. The molecule has 2 unspecified atom stereocenters. The number of hydrazine groups is 2. The Kier molecular flexibility index (Phi) is 3.58. The van der Waals surface area contributed by atoms with Gasteiger partial charge in [0.25, 0.3) is 5.91 Å². The van der Waals surface area contributed by atoms with Crippen molar-refractivity contribution >= 4 is 5.91 Å². The molecule has 17 heavy (non-hydrogen) atoms. The van der Waals surface area contributed by atoms with Gasteiger partial charge in [0.1, 0.15) is 11.8 Å². The van der Waals surface area contributed by atoms with Crippen molar-refractivity contribution in [2.75, 3.05) is 7.11 Å². The molecule has 92 valence electrons. The van der Waals surface area contributed by atoms with Crippen molar-refractivity contribution in [3.05, 3.63) is 29.8 Å². The van der Waals surface area contributed by atoms with Gasteiger partial charge in [-0.3, -0.25) is 10.2 Å². The lowest BCUT2D eigenvalue weighted by molar-refractivity contribution is -0.122.